The van der Waals surface area contributed by atoms with E-state index in [0.29, 0.717) is 49.4 Å². The Morgan fingerprint density at radius 3 is 2.80 bits per heavy atom. The predicted molar refractivity (Wildman–Crippen MR) is 92.0 cm³/mol. The van der Waals surface area contributed by atoms with Crippen LogP contribution in [0.2, 0.25) is 5.02 Å². The SMILES string of the molecule is CC1COCC1CN1CCN(C(=O)c2ccccc2Cl)C1=N[N+](=O)[O-]. The van der Waals surface area contributed by atoms with Crippen molar-refractivity contribution in [3.63, 3.8) is 0 Å². The van der Waals surface area contributed by atoms with E-state index in [1.165, 1.54) is 4.90 Å². The lowest BCUT2D eigenvalue weighted by Gasteiger charge is -2.23. The van der Waals surface area contributed by atoms with Gasteiger partial charge in [0.2, 0.25) is 0 Å². The molecule has 1 aromatic rings. The van der Waals surface area contributed by atoms with E-state index in [9.17, 15) is 14.9 Å². The number of hydrogen-bond acceptors (Lipinski definition) is 4. The summed E-state index contributed by atoms with van der Waals surface area (Å²) in [6, 6.07) is 6.65. The second-order valence-corrected chi connectivity index (χ2v) is 6.70. The molecule has 0 N–H and O–H groups in total. The standard InChI is InChI=1S/C16H19ClN4O4/c1-11-9-25-10-12(11)8-19-6-7-20(16(19)18-21(23)24)15(22)13-4-2-3-5-14(13)17/h2-5,11-12H,6-10H2,1H3. The molecule has 2 heterocycles. The lowest BCUT2D eigenvalue weighted by atomic mass is 9.98. The van der Waals surface area contributed by atoms with Crippen LogP contribution in [0.15, 0.2) is 29.4 Å². The third-order valence-corrected chi connectivity index (χ3v) is 4.94. The highest BCUT2D eigenvalue weighted by Gasteiger charge is 2.37. The number of hydrogen-bond donors (Lipinski definition) is 0. The Labute approximate surface area is 150 Å². The van der Waals surface area contributed by atoms with Crippen LogP contribution in [0.25, 0.3) is 0 Å². The number of nitro groups is 1. The maximum Gasteiger partial charge on any atom is 0.281 e. The van der Waals surface area contributed by atoms with Gasteiger partial charge in [-0.2, -0.15) is 0 Å². The van der Waals surface area contributed by atoms with Crippen LogP contribution in [-0.2, 0) is 4.74 Å². The van der Waals surface area contributed by atoms with E-state index in [-0.39, 0.29) is 17.8 Å². The van der Waals surface area contributed by atoms with E-state index in [2.05, 4.69) is 12.0 Å². The van der Waals surface area contributed by atoms with Crippen molar-refractivity contribution in [1.82, 2.24) is 9.80 Å². The molecule has 3 rings (SSSR count). The third kappa shape index (κ3) is 3.74. The summed E-state index contributed by atoms with van der Waals surface area (Å²) < 4.78 is 5.46. The summed E-state index contributed by atoms with van der Waals surface area (Å²) in [4.78, 5) is 26.9. The molecule has 2 atom stereocenters. The molecule has 0 aromatic heterocycles. The van der Waals surface area contributed by atoms with E-state index in [1.54, 1.807) is 29.2 Å². The van der Waals surface area contributed by atoms with Crippen LogP contribution in [0.4, 0.5) is 0 Å². The Morgan fingerprint density at radius 1 is 1.40 bits per heavy atom. The molecule has 1 aromatic carbocycles. The summed E-state index contributed by atoms with van der Waals surface area (Å²) in [6.45, 7) is 4.78. The fourth-order valence-corrected chi connectivity index (χ4v) is 3.36. The van der Waals surface area contributed by atoms with Crippen LogP contribution < -0.4 is 0 Å². The summed E-state index contributed by atoms with van der Waals surface area (Å²) in [6.07, 6.45) is 0. The first-order valence-electron chi connectivity index (χ1n) is 8.09. The van der Waals surface area contributed by atoms with Crippen LogP contribution in [0.1, 0.15) is 17.3 Å². The van der Waals surface area contributed by atoms with E-state index < -0.39 is 5.03 Å². The van der Waals surface area contributed by atoms with E-state index >= 15 is 0 Å². The van der Waals surface area contributed by atoms with Crippen molar-refractivity contribution in [1.29, 1.82) is 0 Å². The maximum atomic E-state index is 12.8. The van der Waals surface area contributed by atoms with Gasteiger partial charge in [-0.15, -0.1) is 0 Å². The van der Waals surface area contributed by atoms with Gasteiger partial charge in [0, 0.05) is 32.2 Å². The number of carbonyl (C=O) groups is 1. The molecule has 134 valence electrons. The normalized spacial score (nSPS) is 25.0. The van der Waals surface area contributed by atoms with E-state index in [4.69, 9.17) is 16.3 Å². The molecule has 2 aliphatic heterocycles. The fraction of sp³-hybridized carbons (Fsp3) is 0.500. The number of benzene rings is 1. The molecule has 25 heavy (non-hydrogen) atoms. The lowest BCUT2D eigenvalue weighted by Crippen LogP contribution is -2.41. The van der Waals surface area contributed by atoms with Crippen molar-refractivity contribution in [2.45, 2.75) is 6.92 Å². The molecule has 0 bridgehead atoms. The zero-order valence-electron chi connectivity index (χ0n) is 13.8. The number of guanidine groups is 1. The topological polar surface area (TPSA) is 88.3 Å². The van der Waals surface area contributed by atoms with Gasteiger partial charge in [0.15, 0.2) is 5.03 Å². The first-order chi connectivity index (χ1) is 12.0. The lowest BCUT2D eigenvalue weighted by molar-refractivity contribution is -0.486. The number of amides is 1. The Kier molecular flexibility index (Phi) is 5.19. The van der Waals surface area contributed by atoms with Gasteiger partial charge in [0.25, 0.3) is 11.9 Å². The minimum atomic E-state index is -0.769. The van der Waals surface area contributed by atoms with Gasteiger partial charge in [-0.05, 0) is 18.1 Å². The van der Waals surface area contributed by atoms with Gasteiger partial charge < -0.3 is 9.64 Å². The molecular weight excluding hydrogens is 348 g/mol. The molecule has 0 saturated carbocycles. The number of ether oxygens (including phenoxy) is 1. The highest BCUT2D eigenvalue weighted by molar-refractivity contribution is 6.34. The van der Waals surface area contributed by atoms with Crippen LogP contribution in [0.5, 0.6) is 0 Å². The second-order valence-electron chi connectivity index (χ2n) is 6.30. The van der Waals surface area contributed by atoms with Gasteiger partial charge in [-0.1, -0.05) is 30.7 Å². The van der Waals surface area contributed by atoms with Gasteiger partial charge >= 0.3 is 0 Å². The van der Waals surface area contributed by atoms with Crippen molar-refractivity contribution in [2.24, 2.45) is 16.9 Å². The highest BCUT2D eigenvalue weighted by atomic mass is 35.5. The molecule has 8 nitrogen and oxygen atoms in total. The van der Waals surface area contributed by atoms with Crippen molar-refractivity contribution in [3.05, 3.63) is 45.0 Å². The molecule has 2 unspecified atom stereocenters. The van der Waals surface area contributed by atoms with Crippen molar-refractivity contribution >= 4 is 23.5 Å². The minimum Gasteiger partial charge on any atom is -0.381 e. The van der Waals surface area contributed by atoms with Crippen LogP contribution in [0.3, 0.4) is 0 Å². The Hall–Kier alpha value is -2.19. The molecular formula is C16H19ClN4O4. The van der Waals surface area contributed by atoms with E-state index in [1.807, 2.05) is 0 Å². The summed E-state index contributed by atoms with van der Waals surface area (Å²) in [5.41, 5.74) is 0.305. The monoisotopic (exact) mass is 366 g/mol. The number of rotatable bonds is 4. The molecule has 2 fully saturated rings. The number of hydrazone groups is 1. The van der Waals surface area contributed by atoms with Gasteiger partial charge in [0.1, 0.15) is 5.10 Å². The van der Waals surface area contributed by atoms with Gasteiger partial charge in [-0.3, -0.25) is 9.69 Å². The summed E-state index contributed by atoms with van der Waals surface area (Å²) in [7, 11) is 0. The van der Waals surface area contributed by atoms with Crippen molar-refractivity contribution in [2.75, 3.05) is 32.8 Å². The maximum absolute atomic E-state index is 12.8. The van der Waals surface area contributed by atoms with Crippen LogP contribution in [0, 0.1) is 22.0 Å². The van der Waals surface area contributed by atoms with Crippen molar-refractivity contribution in [3.8, 4) is 0 Å². The average Bonchev–Trinajstić information content (AvgIpc) is 3.14. The average molecular weight is 367 g/mol. The van der Waals surface area contributed by atoms with Gasteiger partial charge in [-0.25, -0.2) is 10.1 Å². The summed E-state index contributed by atoms with van der Waals surface area (Å²) in [5, 5.41) is 14.0. The quantitative estimate of drug-likeness (QED) is 0.600. The molecule has 0 spiro atoms. The molecule has 1 amide bonds. The summed E-state index contributed by atoms with van der Waals surface area (Å²) in [5.74, 6) is 0.302. The Morgan fingerprint density at radius 2 is 2.16 bits per heavy atom. The predicted octanol–water partition coefficient (Wildman–Crippen LogP) is 1.93. The van der Waals surface area contributed by atoms with Crippen LogP contribution in [-0.4, -0.2) is 59.5 Å². The molecule has 9 heteroatoms. The Bertz CT molecular complexity index is 711. The fourth-order valence-electron chi connectivity index (χ4n) is 3.15. The summed E-state index contributed by atoms with van der Waals surface area (Å²) >= 11 is 6.09. The van der Waals surface area contributed by atoms with Crippen molar-refractivity contribution < 1.29 is 14.6 Å². The number of nitrogens with zero attached hydrogens (tertiary/aromatic N) is 4. The van der Waals surface area contributed by atoms with E-state index in [0.717, 1.165) is 0 Å². The molecule has 0 aliphatic carbocycles. The molecule has 0 radical (unpaired) electrons. The highest BCUT2D eigenvalue weighted by Crippen LogP contribution is 2.25. The second kappa shape index (κ2) is 7.37. The van der Waals surface area contributed by atoms with Gasteiger partial charge in [0.05, 0.1) is 17.2 Å². The first-order valence-corrected chi connectivity index (χ1v) is 8.47. The van der Waals surface area contributed by atoms with Crippen LogP contribution >= 0.6 is 11.6 Å². The Balaban J connectivity index is 1.83. The third-order valence-electron chi connectivity index (χ3n) is 4.61. The largest absolute Gasteiger partial charge is 0.381 e. The zero-order chi connectivity index (χ0) is 18.0. The first kappa shape index (κ1) is 17.6. The number of carbonyl (C=O) groups excluding carboxylic acids is 1. The molecule has 2 aliphatic rings. The zero-order valence-corrected chi connectivity index (χ0v) is 14.6. The smallest absolute Gasteiger partial charge is 0.281 e. The molecule has 2 saturated heterocycles. The number of halogens is 1. The minimum absolute atomic E-state index is 0.0639.